The van der Waals surface area contributed by atoms with Gasteiger partial charge in [0, 0.05) is 0 Å². The fourth-order valence-electron chi connectivity index (χ4n) is 1.29. The van der Waals surface area contributed by atoms with Crippen LogP contribution in [0.5, 0.6) is 0 Å². The Balaban J connectivity index is 3.39. The lowest BCUT2D eigenvalue weighted by Crippen LogP contribution is -2.40. The monoisotopic (exact) mass is 230 g/mol. The summed E-state index contributed by atoms with van der Waals surface area (Å²) in [5.74, 6) is -2.96. The van der Waals surface area contributed by atoms with Crippen LogP contribution in [0.3, 0.4) is 0 Å². The quantitative estimate of drug-likeness (QED) is 0.791. The van der Waals surface area contributed by atoms with Crippen LogP contribution in [0.15, 0.2) is 12.1 Å². The Morgan fingerprint density at radius 2 is 1.73 bits per heavy atom. The molecular formula is C10H12F2O2Si. The summed E-state index contributed by atoms with van der Waals surface area (Å²) in [5.41, 5.74) is -0.616. The van der Waals surface area contributed by atoms with Crippen molar-refractivity contribution < 1.29 is 18.7 Å². The van der Waals surface area contributed by atoms with Crippen LogP contribution in [-0.2, 0) is 0 Å². The molecule has 0 spiro atoms. The van der Waals surface area contributed by atoms with E-state index >= 15 is 0 Å². The molecule has 0 fully saturated rings. The molecule has 0 bridgehead atoms. The fraction of sp³-hybridized carbons (Fsp3) is 0.300. The summed E-state index contributed by atoms with van der Waals surface area (Å²) in [5, 5.41) is 8.90. The Hall–Kier alpha value is -1.23. The molecule has 1 N–H and O–H groups in total. The van der Waals surface area contributed by atoms with E-state index in [2.05, 4.69) is 0 Å². The van der Waals surface area contributed by atoms with E-state index in [0.717, 1.165) is 12.1 Å². The smallest absolute Gasteiger partial charge is 0.338 e. The predicted molar refractivity (Wildman–Crippen MR) is 56.3 cm³/mol. The third-order valence-electron chi connectivity index (χ3n) is 2.10. The van der Waals surface area contributed by atoms with Crippen LogP contribution < -0.4 is 5.19 Å². The van der Waals surface area contributed by atoms with Gasteiger partial charge in [0.1, 0.15) is 11.6 Å². The lowest BCUT2D eigenvalue weighted by atomic mass is 10.2. The Morgan fingerprint density at radius 3 is 2.13 bits per heavy atom. The van der Waals surface area contributed by atoms with Crippen LogP contribution in [0.1, 0.15) is 10.4 Å². The normalized spacial score (nSPS) is 11.5. The fourth-order valence-corrected chi connectivity index (χ4v) is 2.63. The minimum atomic E-state index is -1.97. The largest absolute Gasteiger partial charge is 0.478 e. The van der Waals surface area contributed by atoms with Gasteiger partial charge in [-0.15, -0.1) is 0 Å². The van der Waals surface area contributed by atoms with Crippen molar-refractivity contribution in [2.24, 2.45) is 0 Å². The number of aromatic carboxylic acids is 1. The van der Waals surface area contributed by atoms with E-state index in [1.807, 2.05) is 19.6 Å². The molecule has 0 saturated heterocycles. The van der Waals surface area contributed by atoms with E-state index in [1.165, 1.54) is 0 Å². The SMILES string of the molecule is C[Si](C)(C)c1cc(F)c(C(=O)O)cc1F. The molecule has 0 aromatic heterocycles. The van der Waals surface area contributed by atoms with Gasteiger partial charge in [0.15, 0.2) is 0 Å². The molecule has 5 heteroatoms. The minimum Gasteiger partial charge on any atom is -0.478 e. The third kappa shape index (κ3) is 2.41. The van der Waals surface area contributed by atoms with Gasteiger partial charge in [-0.05, 0) is 17.3 Å². The summed E-state index contributed by atoms with van der Waals surface area (Å²) >= 11 is 0. The topological polar surface area (TPSA) is 37.3 Å². The first-order valence-electron chi connectivity index (χ1n) is 4.46. The van der Waals surface area contributed by atoms with Gasteiger partial charge < -0.3 is 5.11 Å². The number of hydrogen-bond donors (Lipinski definition) is 1. The average molecular weight is 230 g/mol. The van der Waals surface area contributed by atoms with E-state index in [-0.39, 0.29) is 0 Å². The Kier molecular flexibility index (Phi) is 2.94. The second kappa shape index (κ2) is 3.73. The second-order valence-electron chi connectivity index (χ2n) is 4.37. The van der Waals surface area contributed by atoms with E-state index < -0.39 is 31.2 Å². The zero-order valence-corrected chi connectivity index (χ0v) is 9.77. The highest BCUT2D eigenvalue weighted by atomic mass is 28.3. The molecule has 2 nitrogen and oxygen atoms in total. The first-order chi connectivity index (χ1) is 6.73. The van der Waals surface area contributed by atoms with E-state index in [0.29, 0.717) is 5.19 Å². The molecule has 15 heavy (non-hydrogen) atoms. The highest BCUT2D eigenvalue weighted by Gasteiger charge is 2.24. The summed E-state index contributed by atoms with van der Waals surface area (Å²) in [6, 6.07) is 1.76. The highest BCUT2D eigenvalue weighted by Crippen LogP contribution is 2.12. The molecule has 0 aliphatic carbocycles. The molecule has 1 rings (SSSR count). The lowest BCUT2D eigenvalue weighted by molar-refractivity contribution is 0.0691. The van der Waals surface area contributed by atoms with Crippen LogP contribution in [-0.4, -0.2) is 19.1 Å². The predicted octanol–water partition coefficient (Wildman–Crippen LogP) is 2.21. The molecule has 0 heterocycles. The van der Waals surface area contributed by atoms with Crippen molar-refractivity contribution in [2.45, 2.75) is 19.6 Å². The number of rotatable bonds is 2. The molecule has 1 aromatic carbocycles. The van der Waals surface area contributed by atoms with Gasteiger partial charge in [-0.3, -0.25) is 0 Å². The number of benzene rings is 1. The van der Waals surface area contributed by atoms with Gasteiger partial charge in [-0.2, -0.15) is 0 Å². The van der Waals surface area contributed by atoms with Gasteiger partial charge >= 0.3 is 5.97 Å². The average Bonchev–Trinajstić information content (AvgIpc) is 2.06. The van der Waals surface area contributed by atoms with Gasteiger partial charge in [0.05, 0.1) is 13.6 Å². The van der Waals surface area contributed by atoms with Gasteiger partial charge in [0.2, 0.25) is 0 Å². The molecule has 1 aromatic rings. The number of carboxylic acids is 1. The zero-order chi connectivity index (χ0) is 11.8. The molecule has 0 amide bonds. The van der Waals surface area contributed by atoms with Crippen LogP contribution in [0.2, 0.25) is 19.6 Å². The summed E-state index contributed by atoms with van der Waals surface area (Å²) in [4.78, 5) is 10.5. The van der Waals surface area contributed by atoms with Gasteiger partial charge in [0.25, 0.3) is 0 Å². The maximum Gasteiger partial charge on any atom is 0.338 e. The van der Waals surface area contributed by atoms with Crippen molar-refractivity contribution in [3.63, 3.8) is 0 Å². The first kappa shape index (κ1) is 11.8. The number of halogens is 2. The summed E-state index contributed by atoms with van der Waals surface area (Å²) < 4.78 is 26.8. The molecule has 0 saturated carbocycles. The first-order valence-corrected chi connectivity index (χ1v) is 7.96. The summed E-state index contributed by atoms with van der Waals surface area (Å²) in [7, 11) is -1.97. The number of carboxylic acid groups (broad SMARTS) is 1. The van der Waals surface area contributed by atoms with E-state index in [9.17, 15) is 13.6 Å². The van der Waals surface area contributed by atoms with Crippen LogP contribution in [0.4, 0.5) is 8.78 Å². The van der Waals surface area contributed by atoms with Crippen molar-refractivity contribution >= 4 is 19.2 Å². The Labute approximate surface area is 87.6 Å². The van der Waals surface area contributed by atoms with Crippen molar-refractivity contribution in [3.8, 4) is 0 Å². The summed E-state index contributed by atoms with van der Waals surface area (Å²) in [6.07, 6.45) is 0. The van der Waals surface area contributed by atoms with E-state index in [1.54, 1.807) is 0 Å². The standard InChI is InChI=1S/C10H12F2O2Si/c1-15(2,3)9-5-7(11)6(10(13)14)4-8(9)12/h4-5H,1-3H3,(H,13,14). The third-order valence-corrected chi connectivity index (χ3v) is 4.09. The second-order valence-corrected chi connectivity index (χ2v) is 9.41. The maximum absolute atomic E-state index is 13.5. The van der Waals surface area contributed by atoms with E-state index in [4.69, 9.17) is 5.11 Å². The van der Waals surface area contributed by atoms with Crippen molar-refractivity contribution in [3.05, 3.63) is 29.3 Å². The van der Waals surface area contributed by atoms with Crippen LogP contribution >= 0.6 is 0 Å². The number of hydrogen-bond acceptors (Lipinski definition) is 1. The van der Waals surface area contributed by atoms with Gasteiger partial charge in [-0.25, -0.2) is 13.6 Å². The number of carbonyl (C=O) groups is 1. The van der Waals surface area contributed by atoms with Crippen LogP contribution in [0, 0.1) is 11.6 Å². The summed E-state index contributed by atoms with van der Waals surface area (Å²) in [6.45, 7) is 5.60. The molecule has 0 aliphatic heterocycles. The molecule has 82 valence electrons. The zero-order valence-electron chi connectivity index (χ0n) is 8.77. The van der Waals surface area contributed by atoms with Crippen LogP contribution in [0.25, 0.3) is 0 Å². The lowest BCUT2D eigenvalue weighted by Gasteiger charge is -2.17. The van der Waals surface area contributed by atoms with Gasteiger partial charge in [-0.1, -0.05) is 19.6 Å². The molecule has 0 atom stereocenters. The minimum absolute atomic E-state index is 0.310. The van der Waals surface area contributed by atoms with Crippen molar-refractivity contribution in [1.82, 2.24) is 0 Å². The Bertz CT molecular complexity index is 411. The molecule has 0 radical (unpaired) electrons. The van der Waals surface area contributed by atoms with Crippen molar-refractivity contribution in [2.75, 3.05) is 0 Å². The highest BCUT2D eigenvalue weighted by molar-refractivity contribution is 6.88. The molecular weight excluding hydrogens is 218 g/mol. The molecule has 0 unspecified atom stereocenters. The molecule has 0 aliphatic rings. The Morgan fingerprint density at radius 1 is 1.20 bits per heavy atom. The maximum atomic E-state index is 13.5. The van der Waals surface area contributed by atoms with Crippen molar-refractivity contribution in [1.29, 1.82) is 0 Å².